The number of nitrogens with zero attached hydrogens (tertiary/aromatic N) is 5. The van der Waals surface area contributed by atoms with Gasteiger partial charge in [-0.25, -0.2) is 15.1 Å². The maximum absolute atomic E-state index is 13.3. The average molecular weight is 388 g/mol. The molecule has 0 saturated carbocycles. The molecule has 1 N–H and O–H groups in total. The molecule has 0 fully saturated rings. The molecular formula is C21H20N6O2. The van der Waals surface area contributed by atoms with Crippen LogP contribution in [0.25, 0.3) is 5.82 Å². The normalized spacial score (nSPS) is 16.5. The van der Waals surface area contributed by atoms with Crippen molar-refractivity contribution >= 4 is 17.4 Å². The van der Waals surface area contributed by atoms with Crippen LogP contribution >= 0.6 is 0 Å². The summed E-state index contributed by atoms with van der Waals surface area (Å²) in [5.74, 6) is 0.0352. The zero-order chi connectivity index (χ0) is 20.6. The monoisotopic (exact) mass is 388 g/mol. The molecule has 0 atom stereocenters. The van der Waals surface area contributed by atoms with E-state index in [9.17, 15) is 9.59 Å². The highest BCUT2D eigenvalue weighted by Gasteiger charge is 2.42. The van der Waals surface area contributed by atoms with Gasteiger partial charge in [0, 0.05) is 36.0 Å². The number of carbonyl (C=O) groups excluding carboxylic acids is 2. The lowest BCUT2D eigenvalue weighted by molar-refractivity contribution is 0.0954. The zero-order valence-corrected chi connectivity index (χ0v) is 16.4. The predicted octanol–water partition coefficient (Wildman–Crippen LogP) is 2.52. The van der Waals surface area contributed by atoms with Crippen LogP contribution < -0.4 is 5.43 Å². The Hall–Kier alpha value is -3.68. The quantitative estimate of drug-likeness (QED) is 0.695. The highest BCUT2D eigenvalue weighted by Crippen LogP contribution is 2.35. The van der Waals surface area contributed by atoms with Gasteiger partial charge in [-0.3, -0.25) is 14.6 Å². The summed E-state index contributed by atoms with van der Waals surface area (Å²) in [7, 11) is 0. The lowest BCUT2D eigenvalue weighted by atomic mass is 9.74. The lowest BCUT2D eigenvalue weighted by Crippen LogP contribution is -2.41. The van der Waals surface area contributed by atoms with Crippen molar-refractivity contribution in [2.75, 3.05) is 0 Å². The third-order valence-corrected chi connectivity index (χ3v) is 4.93. The minimum Gasteiger partial charge on any atom is -0.287 e. The molecule has 0 bridgehead atoms. The van der Waals surface area contributed by atoms with Gasteiger partial charge in [0.2, 0.25) is 5.78 Å². The first-order valence-electron chi connectivity index (χ1n) is 9.21. The number of amides is 1. The second kappa shape index (κ2) is 7.05. The minimum atomic E-state index is -0.589. The maximum atomic E-state index is 13.3. The smallest absolute Gasteiger partial charge is 0.271 e. The van der Waals surface area contributed by atoms with Crippen LogP contribution in [0.5, 0.6) is 0 Å². The number of hydrazone groups is 1. The van der Waals surface area contributed by atoms with Crippen LogP contribution in [0.15, 0.2) is 54.0 Å². The first-order chi connectivity index (χ1) is 13.9. The fourth-order valence-electron chi connectivity index (χ4n) is 3.51. The first-order valence-corrected chi connectivity index (χ1v) is 9.21. The molecule has 3 heterocycles. The molecule has 1 amide bonds. The van der Waals surface area contributed by atoms with E-state index in [1.54, 1.807) is 29.9 Å². The Labute approximate surface area is 167 Å². The second-order valence-electron chi connectivity index (χ2n) is 7.53. The average Bonchev–Trinajstić information content (AvgIpc) is 3.04. The Kier molecular flexibility index (Phi) is 4.54. The van der Waals surface area contributed by atoms with Gasteiger partial charge in [-0.15, -0.1) is 0 Å². The molecular weight excluding hydrogens is 368 g/mol. The van der Waals surface area contributed by atoms with E-state index in [0.29, 0.717) is 34.8 Å². The van der Waals surface area contributed by atoms with E-state index in [2.05, 4.69) is 25.6 Å². The molecule has 3 aromatic rings. The molecule has 29 heavy (non-hydrogen) atoms. The van der Waals surface area contributed by atoms with E-state index in [4.69, 9.17) is 0 Å². The van der Waals surface area contributed by atoms with E-state index in [1.165, 1.54) is 12.4 Å². The number of carbonyl (C=O) groups is 2. The molecule has 8 nitrogen and oxygen atoms in total. The number of rotatable bonds is 3. The van der Waals surface area contributed by atoms with Gasteiger partial charge in [0.15, 0.2) is 5.82 Å². The molecule has 1 aliphatic rings. The number of pyridine rings is 2. The molecule has 0 aromatic carbocycles. The molecule has 0 aliphatic heterocycles. The Bertz CT molecular complexity index is 1120. The van der Waals surface area contributed by atoms with Crippen molar-refractivity contribution in [1.29, 1.82) is 0 Å². The third-order valence-electron chi connectivity index (χ3n) is 4.93. The van der Waals surface area contributed by atoms with Crippen molar-refractivity contribution < 1.29 is 9.59 Å². The summed E-state index contributed by atoms with van der Waals surface area (Å²) in [4.78, 5) is 33.8. The number of fused-ring (bicyclic) bond motifs is 1. The van der Waals surface area contributed by atoms with E-state index in [0.717, 1.165) is 5.69 Å². The predicted molar refractivity (Wildman–Crippen MR) is 107 cm³/mol. The topological polar surface area (TPSA) is 102 Å². The van der Waals surface area contributed by atoms with Gasteiger partial charge in [-0.2, -0.15) is 10.2 Å². The number of ketones is 1. The summed E-state index contributed by atoms with van der Waals surface area (Å²) >= 11 is 0. The summed E-state index contributed by atoms with van der Waals surface area (Å²) in [6.45, 7) is 5.65. The largest absolute Gasteiger partial charge is 0.287 e. The molecule has 0 unspecified atom stereocenters. The van der Waals surface area contributed by atoms with Crippen LogP contribution in [-0.2, 0) is 6.42 Å². The molecule has 4 rings (SSSR count). The summed E-state index contributed by atoms with van der Waals surface area (Å²) < 4.78 is 1.72. The molecule has 1 aliphatic carbocycles. The van der Waals surface area contributed by atoms with Gasteiger partial charge in [0.05, 0.1) is 17.0 Å². The molecule has 0 spiro atoms. The number of hydrogen-bond donors (Lipinski definition) is 1. The van der Waals surface area contributed by atoms with Crippen LogP contribution in [0.2, 0.25) is 0 Å². The van der Waals surface area contributed by atoms with E-state index >= 15 is 0 Å². The Morgan fingerprint density at radius 1 is 1.17 bits per heavy atom. The number of aromatic nitrogens is 4. The van der Waals surface area contributed by atoms with Crippen molar-refractivity contribution in [3.05, 3.63) is 71.4 Å². The van der Waals surface area contributed by atoms with Gasteiger partial charge >= 0.3 is 0 Å². The van der Waals surface area contributed by atoms with Gasteiger partial charge in [0.1, 0.15) is 5.71 Å². The van der Waals surface area contributed by atoms with Crippen LogP contribution in [0, 0.1) is 12.3 Å². The highest BCUT2D eigenvalue weighted by molar-refractivity contribution is 6.49. The first kappa shape index (κ1) is 18.7. The molecule has 0 radical (unpaired) electrons. The van der Waals surface area contributed by atoms with Crippen LogP contribution in [-0.4, -0.2) is 37.2 Å². The SMILES string of the molecule is Cc1nn(-c2ccccn2)c2c1C(=O)/C(=N/NC(=O)c1ccncc1)C(C)(C)C2. The van der Waals surface area contributed by atoms with Crippen molar-refractivity contribution in [2.45, 2.75) is 27.2 Å². The van der Waals surface area contributed by atoms with Crippen molar-refractivity contribution in [3.63, 3.8) is 0 Å². The van der Waals surface area contributed by atoms with E-state index in [1.807, 2.05) is 32.0 Å². The van der Waals surface area contributed by atoms with E-state index in [-0.39, 0.29) is 5.78 Å². The van der Waals surface area contributed by atoms with Crippen molar-refractivity contribution in [2.24, 2.45) is 10.5 Å². The Morgan fingerprint density at radius 2 is 1.93 bits per heavy atom. The van der Waals surface area contributed by atoms with Crippen LogP contribution in [0.3, 0.4) is 0 Å². The van der Waals surface area contributed by atoms with Crippen molar-refractivity contribution in [1.82, 2.24) is 25.2 Å². The number of aryl methyl sites for hydroxylation is 1. The molecule has 0 saturated heterocycles. The Balaban J connectivity index is 1.71. The van der Waals surface area contributed by atoms with Crippen LogP contribution in [0.4, 0.5) is 0 Å². The number of hydrogen-bond acceptors (Lipinski definition) is 6. The second-order valence-corrected chi connectivity index (χ2v) is 7.53. The third kappa shape index (κ3) is 3.33. The minimum absolute atomic E-state index is 0.231. The fourth-order valence-corrected chi connectivity index (χ4v) is 3.51. The van der Waals surface area contributed by atoms with E-state index < -0.39 is 11.3 Å². The highest BCUT2D eigenvalue weighted by atomic mass is 16.2. The fraction of sp³-hybridized carbons (Fsp3) is 0.238. The molecule has 3 aromatic heterocycles. The Morgan fingerprint density at radius 3 is 2.62 bits per heavy atom. The van der Waals surface area contributed by atoms with Gasteiger partial charge in [-0.05, 0) is 31.2 Å². The molecule has 8 heteroatoms. The number of Topliss-reactive ketones (excluding diaryl/α,β-unsaturated/α-hetero) is 1. The zero-order valence-electron chi connectivity index (χ0n) is 16.4. The van der Waals surface area contributed by atoms with Crippen molar-refractivity contribution in [3.8, 4) is 5.82 Å². The maximum Gasteiger partial charge on any atom is 0.271 e. The van der Waals surface area contributed by atoms with Gasteiger partial charge in [0.25, 0.3) is 5.91 Å². The lowest BCUT2D eigenvalue weighted by Gasteiger charge is -2.30. The summed E-state index contributed by atoms with van der Waals surface area (Å²) in [6, 6.07) is 8.73. The number of nitrogens with one attached hydrogen (secondary N) is 1. The summed E-state index contributed by atoms with van der Waals surface area (Å²) in [6.07, 6.45) is 5.28. The van der Waals surface area contributed by atoms with Gasteiger partial charge < -0.3 is 0 Å². The summed E-state index contributed by atoms with van der Waals surface area (Å²) in [5, 5.41) is 8.75. The standard InChI is InChI=1S/C21H20N6O2/c1-13-17-15(27(26-13)16-6-4-5-9-23-16)12-21(2,3)19(18(17)28)24-25-20(29)14-7-10-22-11-8-14/h4-11H,12H2,1-3H3,(H,25,29)/b24-19-. The van der Waals surface area contributed by atoms with Gasteiger partial charge in [-0.1, -0.05) is 19.9 Å². The molecule has 146 valence electrons. The van der Waals surface area contributed by atoms with Crippen LogP contribution in [0.1, 0.15) is 46.0 Å². The summed E-state index contributed by atoms with van der Waals surface area (Å²) in [5.41, 5.74) is 4.57.